The van der Waals surface area contributed by atoms with Crippen molar-refractivity contribution in [2.75, 3.05) is 14.2 Å². The van der Waals surface area contributed by atoms with Gasteiger partial charge in [-0.15, -0.1) is 0 Å². The Labute approximate surface area is 81.2 Å². The molecule has 0 bridgehead atoms. The van der Waals surface area contributed by atoms with Crippen LogP contribution in [0.15, 0.2) is 12.1 Å². The summed E-state index contributed by atoms with van der Waals surface area (Å²) in [4.78, 5) is 4.58. The molecule has 1 aromatic rings. The molecule has 0 heterocycles. The van der Waals surface area contributed by atoms with Crippen molar-refractivity contribution in [1.29, 1.82) is 0 Å². The van der Waals surface area contributed by atoms with Gasteiger partial charge in [0.25, 0.3) is 0 Å². The molecule has 0 aliphatic rings. The van der Waals surface area contributed by atoms with E-state index < -0.39 is 11.6 Å². The standard InChI is InChI=1S/C9H12FNO3/c1-13-7-3-6(5-11-14-2)9(10)8(12)4-7/h3-4,11-12H,5H2,1-2H3. The highest BCUT2D eigenvalue weighted by atomic mass is 19.1. The third-order valence-electron chi connectivity index (χ3n) is 1.74. The maximum atomic E-state index is 13.2. The minimum absolute atomic E-state index is 0.160. The second-order valence-corrected chi connectivity index (χ2v) is 2.64. The first kappa shape index (κ1) is 10.7. The second-order valence-electron chi connectivity index (χ2n) is 2.64. The van der Waals surface area contributed by atoms with Crippen molar-refractivity contribution >= 4 is 0 Å². The highest BCUT2D eigenvalue weighted by molar-refractivity contribution is 5.39. The van der Waals surface area contributed by atoms with Crippen molar-refractivity contribution in [2.45, 2.75) is 6.54 Å². The van der Waals surface area contributed by atoms with Crippen LogP contribution in [-0.4, -0.2) is 19.3 Å². The molecule has 0 radical (unpaired) electrons. The van der Waals surface area contributed by atoms with Crippen molar-refractivity contribution < 1.29 is 19.1 Å². The van der Waals surface area contributed by atoms with Crippen LogP contribution in [0, 0.1) is 5.82 Å². The third-order valence-corrected chi connectivity index (χ3v) is 1.74. The van der Waals surface area contributed by atoms with Gasteiger partial charge in [0.2, 0.25) is 0 Å². The van der Waals surface area contributed by atoms with E-state index in [0.717, 1.165) is 0 Å². The van der Waals surface area contributed by atoms with E-state index in [4.69, 9.17) is 4.74 Å². The van der Waals surface area contributed by atoms with Crippen molar-refractivity contribution in [1.82, 2.24) is 5.48 Å². The molecule has 5 heteroatoms. The van der Waals surface area contributed by atoms with Crippen LogP contribution in [0.5, 0.6) is 11.5 Å². The summed E-state index contributed by atoms with van der Waals surface area (Å²) in [6, 6.07) is 2.70. The zero-order chi connectivity index (χ0) is 10.6. The number of phenolic OH excluding ortho intramolecular Hbond substituents is 1. The van der Waals surface area contributed by atoms with Gasteiger partial charge in [0.1, 0.15) is 5.75 Å². The fourth-order valence-electron chi connectivity index (χ4n) is 1.04. The molecule has 4 nitrogen and oxygen atoms in total. The van der Waals surface area contributed by atoms with Gasteiger partial charge in [-0.2, -0.15) is 5.48 Å². The van der Waals surface area contributed by atoms with Gasteiger partial charge in [-0.1, -0.05) is 0 Å². The summed E-state index contributed by atoms with van der Waals surface area (Å²) in [5.41, 5.74) is 2.76. The zero-order valence-corrected chi connectivity index (χ0v) is 8.00. The molecule has 2 N–H and O–H groups in total. The Hall–Kier alpha value is -1.33. The van der Waals surface area contributed by atoms with Gasteiger partial charge >= 0.3 is 0 Å². The number of hydrogen-bond acceptors (Lipinski definition) is 4. The number of hydrogen-bond donors (Lipinski definition) is 2. The van der Waals surface area contributed by atoms with E-state index in [1.807, 2.05) is 0 Å². The maximum absolute atomic E-state index is 13.2. The zero-order valence-electron chi connectivity index (χ0n) is 8.00. The molecule has 0 aliphatic heterocycles. The number of aromatic hydroxyl groups is 1. The lowest BCUT2D eigenvalue weighted by Gasteiger charge is -2.08. The van der Waals surface area contributed by atoms with Crippen LogP contribution in [0.2, 0.25) is 0 Å². The molecule has 78 valence electrons. The van der Waals surface area contributed by atoms with E-state index in [0.29, 0.717) is 5.75 Å². The summed E-state index contributed by atoms with van der Waals surface area (Å²) < 4.78 is 18.1. The largest absolute Gasteiger partial charge is 0.505 e. The first-order valence-corrected chi connectivity index (χ1v) is 4.00. The first-order valence-electron chi connectivity index (χ1n) is 4.00. The molecule has 0 fully saturated rings. The fourth-order valence-corrected chi connectivity index (χ4v) is 1.04. The summed E-state index contributed by atoms with van der Waals surface area (Å²) >= 11 is 0. The third kappa shape index (κ3) is 2.34. The molecular formula is C9H12FNO3. The molecule has 0 spiro atoms. The molecule has 0 amide bonds. The average molecular weight is 201 g/mol. The van der Waals surface area contributed by atoms with Crippen LogP contribution in [0.3, 0.4) is 0 Å². The second kappa shape index (κ2) is 4.78. The van der Waals surface area contributed by atoms with Crippen molar-refractivity contribution in [3.63, 3.8) is 0 Å². The molecule has 0 saturated heterocycles. The van der Waals surface area contributed by atoms with Crippen molar-refractivity contribution in [3.05, 3.63) is 23.5 Å². The van der Waals surface area contributed by atoms with Crippen molar-refractivity contribution in [2.24, 2.45) is 0 Å². The Morgan fingerprint density at radius 3 is 2.71 bits per heavy atom. The van der Waals surface area contributed by atoms with E-state index in [9.17, 15) is 9.50 Å². The van der Waals surface area contributed by atoms with Crippen LogP contribution < -0.4 is 10.2 Å². The van der Waals surface area contributed by atoms with Crippen LogP contribution in [0.1, 0.15) is 5.56 Å². The molecule has 0 aliphatic carbocycles. The molecule has 1 aromatic carbocycles. The lowest BCUT2D eigenvalue weighted by molar-refractivity contribution is 0.0857. The van der Waals surface area contributed by atoms with Gasteiger partial charge in [0.15, 0.2) is 11.6 Å². The Morgan fingerprint density at radius 2 is 2.14 bits per heavy atom. The summed E-state index contributed by atoms with van der Waals surface area (Å²) in [6.45, 7) is 0.160. The number of nitrogens with one attached hydrogen (secondary N) is 1. The first-order chi connectivity index (χ1) is 6.69. The van der Waals surface area contributed by atoms with Crippen LogP contribution >= 0.6 is 0 Å². The summed E-state index contributed by atoms with van der Waals surface area (Å²) in [5, 5.41) is 9.19. The number of phenols is 1. The Bertz CT molecular complexity index is 317. The van der Waals surface area contributed by atoms with Crippen LogP contribution in [-0.2, 0) is 11.4 Å². The number of ether oxygens (including phenoxy) is 1. The molecule has 0 atom stereocenters. The lowest BCUT2D eigenvalue weighted by atomic mass is 10.2. The Morgan fingerprint density at radius 1 is 1.43 bits per heavy atom. The predicted octanol–water partition coefficient (Wildman–Crippen LogP) is 1.19. The Balaban J connectivity index is 2.95. The topological polar surface area (TPSA) is 50.7 Å². The van der Waals surface area contributed by atoms with Gasteiger partial charge in [-0.25, -0.2) is 4.39 Å². The predicted molar refractivity (Wildman–Crippen MR) is 48.5 cm³/mol. The SMILES string of the molecule is CONCc1cc(OC)cc(O)c1F. The fraction of sp³-hybridized carbons (Fsp3) is 0.333. The van der Waals surface area contributed by atoms with Gasteiger partial charge < -0.3 is 14.7 Å². The lowest BCUT2D eigenvalue weighted by Crippen LogP contribution is -2.12. The van der Waals surface area contributed by atoms with Crippen LogP contribution in [0.25, 0.3) is 0 Å². The van der Waals surface area contributed by atoms with Crippen LogP contribution in [0.4, 0.5) is 4.39 Å². The summed E-state index contributed by atoms with van der Waals surface area (Å²) in [6.07, 6.45) is 0. The monoisotopic (exact) mass is 201 g/mol. The molecule has 0 unspecified atom stereocenters. The highest BCUT2D eigenvalue weighted by Gasteiger charge is 2.09. The van der Waals surface area contributed by atoms with E-state index in [-0.39, 0.29) is 12.1 Å². The van der Waals surface area contributed by atoms with Gasteiger partial charge in [-0.3, -0.25) is 0 Å². The number of methoxy groups -OCH3 is 1. The molecule has 1 rings (SSSR count). The number of benzene rings is 1. The number of halogens is 1. The minimum atomic E-state index is -0.671. The van der Waals surface area contributed by atoms with Crippen molar-refractivity contribution in [3.8, 4) is 11.5 Å². The summed E-state index contributed by atoms with van der Waals surface area (Å²) in [7, 11) is 2.87. The molecular weight excluding hydrogens is 189 g/mol. The maximum Gasteiger partial charge on any atom is 0.169 e. The van der Waals surface area contributed by atoms with E-state index >= 15 is 0 Å². The minimum Gasteiger partial charge on any atom is -0.505 e. The van der Waals surface area contributed by atoms with Gasteiger partial charge in [0, 0.05) is 18.2 Å². The smallest absolute Gasteiger partial charge is 0.169 e. The highest BCUT2D eigenvalue weighted by Crippen LogP contribution is 2.25. The van der Waals surface area contributed by atoms with E-state index in [1.165, 1.54) is 26.4 Å². The average Bonchev–Trinajstić information content (AvgIpc) is 2.20. The van der Waals surface area contributed by atoms with E-state index in [2.05, 4.69) is 10.3 Å². The molecule has 0 saturated carbocycles. The molecule has 14 heavy (non-hydrogen) atoms. The number of hydroxylamine groups is 1. The molecule has 0 aromatic heterocycles. The van der Waals surface area contributed by atoms with Gasteiger partial charge in [0.05, 0.1) is 14.2 Å². The normalized spacial score (nSPS) is 10.2. The number of rotatable bonds is 4. The Kier molecular flexibility index (Phi) is 3.67. The quantitative estimate of drug-likeness (QED) is 0.718. The van der Waals surface area contributed by atoms with Gasteiger partial charge in [-0.05, 0) is 6.07 Å². The summed E-state index contributed by atoms with van der Waals surface area (Å²) in [5.74, 6) is -0.704. The van der Waals surface area contributed by atoms with E-state index in [1.54, 1.807) is 0 Å².